The molecule has 0 aliphatic heterocycles. The molecule has 0 radical (unpaired) electrons. The Morgan fingerprint density at radius 2 is 2.18 bits per heavy atom. The Morgan fingerprint density at radius 1 is 1.36 bits per heavy atom. The Morgan fingerprint density at radius 3 is 2.86 bits per heavy atom. The molecule has 0 fully saturated rings. The number of aromatic amines is 1. The molecule has 2 heterocycles. The Hall–Kier alpha value is -3.03. The fraction of sp³-hybridized carbons (Fsp3) is 0.214. The van der Waals surface area contributed by atoms with Crippen molar-refractivity contribution in [2.75, 3.05) is 7.11 Å². The van der Waals surface area contributed by atoms with Crippen LogP contribution in [0.4, 0.5) is 0 Å². The number of carbonyl (C=O) groups is 1. The molecular weight excluding hydrogens is 286 g/mol. The highest BCUT2D eigenvalue weighted by atomic mass is 16.5. The van der Waals surface area contributed by atoms with Crippen LogP contribution < -0.4 is 5.43 Å². The number of nitrogens with one attached hydrogen (secondary N) is 1. The predicted molar refractivity (Wildman–Crippen MR) is 77.6 cm³/mol. The average molecular weight is 299 g/mol. The summed E-state index contributed by atoms with van der Waals surface area (Å²) in [6.45, 7) is 2.20. The van der Waals surface area contributed by atoms with Gasteiger partial charge in [0, 0.05) is 17.1 Å². The molecule has 2 aromatic heterocycles. The number of pyridine rings is 1. The van der Waals surface area contributed by atoms with Crippen LogP contribution in [-0.2, 0) is 11.3 Å². The lowest BCUT2D eigenvalue weighted by Crippen LogP contribution is -2.14. The number of aromatic nitrogens is 5. The van der Waals surface area contributed by atoms with Crippen molar-refractivity contribution in [1.29, 1.82) is 0 Å². The monoisotopic (exact) mass is 299 g/mol. The fourth-order valence-corrected chi connectivity index (χ4v) is 2.35. The largest absolute Gasteiger partial charge is 0.465 e. The molecule has 0 spiro atoms. The number of nitrogens with zero attached hydrogens (tertiary/aromatic N) is 4. The van der Waals surface area contributed by atoms with E-state index in [0.717, 1.165) is 5.69 Å². The molecule has 1 N–H and O–H groups in total. The molecular formula is C14H13N5O3. The van der Waals surface area contributed by atoms with E-state index in [4.69, 9.17) is 0 Å². The van der Waals surface area contributed by atoms with Gasteiger partial charge in [0.1, 0.15) is 0 Å². The molecule has 8 heteroatoms. The average Bonchev–Trinajstić information content (AvgIpc) is 3.03. The molecule has 8 nitrogen and oxygen atoms in total. The van der Waals surface area contributed by atoms with Crippen molar-refractivity contribution in [3.05, 3.63) is 51.6 Å². The molecule has 3 aromatic rings. The number of ether oxygens (including phenoxy) is 1. The Bertz CT molecular complexity index is 899. The first-order valence-corrected chi connectivity index (χ1v) is 6.55. The van der Waals surface area contributed by atoms with Gasteiger partial charge >= 0.3 is 5.97 Å². The molecule has 0 saturated carbocycles. The smallest absolute Gasteiger partial charge is 0.337 e. The maximum Gasteiger partial charge on any atom is 0.337 e. The summed E-state index contributed by atoms with van der Waals surface area (Å²) in [6, 6.07) is 6.40. The standard InChI is InChI=1S/C14H13N5O3/c1-8-5-12(20)10-6-9(14(21)22-2)3-4-11(10)19(8)7-13-15-17-18-16-13/h3-6H,7H2,1-2H3,(H,15,16,17,18). The highest BCUT2D eigenvalue weighted by Gasteiger charge is 2.12. The van der Waals surface area contributed by atoms with Gasteiger partial charge in [-0.05, 0) is 25.1 Å². The van der Waals surface area contributed by atoms with Crippen LogP contribution in [0.2, 0.25) is 0 Å². The van der Waals surface area contributed by atoms with Crippen LogP contribution in [0.15, 0.2) is 29.1 Å². The summed E-state index contributed by atoms with van der Waals surface area (Å²) in [5.41, 5.74) is 1.65. The molecule has 0 aliphatic carbocycles. The first-order valence-electron chi connectivity index (χ1n) is 6.55. The van der Waals surface area contributed by atoms with Crippen LogP contribution >= 0.6 is 0 Å². The third kappa shape index (κ3) is 2.34. The summed E-state index contributed by atoms with van der Waals surface area (Å²) >= 11 is 0. The lowest BCUT2D eigenvalue weighted by molar-refractivity contribution is 0.0601. The van der Waals surface area contributed by atoms with Crippen LogP contribution in [0.1, 0.15) is 21.9 Å². The fourth-order valence-electron chi connectivity index (χ4n) is 2.35. The van der Waals surface area contributed by atoms with Crippen molar-refractivity contribution in [3.8, 4) is 0 Å². The molecule has 0 aliphatic rings. The second-order valence-corrected chi connectivity index (χ2v) is 4.79. The summed E-state index contributed by atoms with van der Waals surface area (Å²) in [5.74, 6) is 0.0247. The van der Waals surface area contributed by atoms with E-state index in [1.165, 1.54) is 19.2 Å². The lowest BCUT2D eigenvalue weighted by Gasteiger charge is -2.13. The minimum atomic E-state index is -0.480. The number of fused-ring (bicyclic) bond motifs is 1. The van der Waals surface area contributed by atoms with Crippen molar-refractivity contribution in [3.63, 3.8) is 0 Å². The zero-order valence-corrected chi connectivity index (χ0v) is 12.0. The number of hydrogen-bond acceptors (Lipinski definition) is 6. The lowest BCUT2D eigenvalue weighted by atomic mass is 10.1. The molecule has 22 heavy (non-hydrogen) atoms. The van der Waals surface area contributed by atoms with Crippen LogP contribution in [-0.4, -0.2) is 38.3 Å². The first-order chi connectivity index (χ1) is 10.6. The van der Waals surface area contributed by atoms with Crippen molar-refractivity contribution >= 4 is 16.9 Å². The molecule has 1 aromatic carbocycles. The number of esters is 1. The zero-order chi connectivity index (χ0) is 15.7. The zero-order valence-electron chi connectivity index (χ0n) is 12.0. The van der Waals surface area contributed by atoms with Gasteiger partial charge in [-0.15, -0.1) is 10.2 Å². The van der Waals surface area contributed by atoms with Crippen molar-refractivity contribution in [2.45, 2.75) is 13.5 Å². The van der Waals surface area contributed by atoms with E-state index >= 15 is 0 Å². The van der Waals surface area contributed by atoms with Crippen LogP contribution in [0.3, 0.4) is 0 Å². The van der Waals surface area contributed by atoms with Crippen LogP contribution in [0.5, 0.6) is 0 Å². The highest BCUT2D eigenvalue weighted by molar-refractivity contribution is 5.94. The Kier molecular flexibility index (Phi) is 3.42. The quantitative estimate of drug-likeness (QED) is 0.713. The minimum absolute atomic E-state index is 0.150. The van der Waals surface area contributed by atoms with E-state index in [0.29, 0.717) is 28.8 Å². The van der Waals surface area contributed by atoms with E-state index in [2.05, 4.69) is 25.4 Å². The first kappa shape index (κ1) is 13.9. The van der Waals surface area contributed by atoms with Gasteiger partial charge in [-0.3, -0.25) is 4.79 Å². The SMILES string of the molecule is COC(=O)c1ccc2c(c1)c(=O)cc(C)n2Cc1nn[nH]n1. The van der Waals surface area contributed by atoms with Crippen LogP contribution in [0.25, 0.3) is 10.9 Å². The number of hydrogen-bond donors (Lipinski definition) is 1. The van der Waals surface area contributed by atoms with E-state index in [1.807, 2.05) is 11.5 Å². The van der Waals surface area contributed by atoms with Crippen molar-refractivity contribution in [1.82, 2.24) is 25.2 Å². The van der Waals surface area contributed by atoms with E-state index in [9.17, 15) is 9.59 Å². The summed E-state index contributed by atoms with van der Waals surface area (Å²) in [5, 5.41) is 14.2. The third-order valence-electron chi connectivity index (χ3n) is 3.43. The van der Waals surface area contributed by atoms with Gasteiger partial charge in [-0.25, -0.2) is 4.79 Å². The molecule has 0 atom stereocenters. The normalized spacial score (nSPS) is 10.8. The van der Waals surface area contributed by atoms with Crippen molar-refractivity contribution in [2.24, 2.45) is 0 Å². The molecule has 0 saturated heterocycles. The van der Waals surface area contributed by atoms with Gasteiger partial charge in [-0.2, -0.15) is 5.21 Å². The highest BCUT2D eigenvalue weighted by Crippen LogP contribution is 2.16. The second kappa shape index (κ2) is 5.40. The number of H-pyrrole nitrogens is 1. The number of aryl methyl sites for hydroxylation is 1. The molecule has 0 amide bonds. The number of benzene rings is 1. The summed E-state index contributed by atoms with van der Waals surface area (Å²) < 4.78 is 6.58. The van der Waals surface area contributed by atoms with Gasteiger partial charge in [0.2, 0.25) is 0 Å². The van der Waals surface area contributed by atoms with Gasteiger partial charge in [-0.1, -0.05) is 5.21 Å². The number of methoxy groups -OCH3 is 1. The predicted octanol–water partition coefficient (Wildman–Crippen LogP) is 0.658. The molecule has 3 rings (SSSR count). The van der Waals surface area contributed by atoms with Gasteiger partial charge in [0.05, 0.1) is 24.7 Å². The molecule has 112 valence electrons. The Balaban J connectivity index is 2.20. The number of tetrazole rings is 1. The number of carbonyl (C=O) groups excluding carboxylic acids is 1. The van der Waals surface area contributed by atoms with E-state index in [1.54, 1.807) is 12.1 Å². The molecule has 0 unspecified atom stereocenters. The van der Waals surface area contributed by atoms with E-state index in [-0.39, 0.29) is 5.43 Å². The third-order valence-corrected chi connectivity index (χ3v) is 3.43. The van der Waals surface area contributed by atoms with Gasteiger partial charge in [0.15, 0.2) is 11.3 Å². The summed E-state index contributed by atoms with van der Waals surface area (Å²) in [6.07, 6.45) is 0. The summed E-state index contributed by atoms with van der Waals surface area (Å²) in [4.78, 5) is 23.8. The van der Waals surface area contributed by atoms with Crippen LogP contribution in [0, 0.1) is 6.92 Å². The number of rotatable bonds is 3. The van der Waals surface area contributed by atoms with Gasteiger partial charge < -0.3 is 9.30 Å². The van der Waals surface area contributed by atoms with Gasteiger partial charge in [0.25, 0.3) is 0 Å². The maximum absolute atomic E-state index is 12.2. The van der Waals surface area contributed by atoms with E-state index < -0.39 is 5.97 Å². The second-order valence-electron chi connectivity index (χ2n) is 4.79. The van der Waals surface area contributed by atoms with Crippen molar-refractivity contribution < 1.29 is 9.53 Å². The summed E-state index contributed by atoms with van der Waals surface area (Å²) in [7, 11) is 1.30. The topological polar surface area (TPSA) is 103 Å². The molecule has 0 bridgehead atoms. The minimum Gasteiger partial charge on any atom is -0.465 e. The Labute approximate surface area is 124 Å². The maximum atomic E-state index is 12.2.